The van der Waals surface area contributed by atoms with Crippen LogP contribution in [0.1, 0.15) is 68.8 Å². The fraction of sp³-hybridized carbons (Fsp3) is 0.571. The largest absolute Gasteiger partial charge is 0.486 e. The van der Waals surface area contributed by atoms with Crippen LogP contribution < -0.4 is 10.1 Å². The minimum Gasteiger partial charge on any atom is -0.486 e. The number of benzene rings is 1. The first-order valence-electron chi connectivity index (χ1n) is 9.96. The molecule has 1 saturated carbocycles. The second-order valence-electron chi connectivity index (χ2n) is 7.61. The van der Waals surface area contributed by atoms with Gasteiger partial charge in [0.05, 0.1) is 17.1 Å². The monoisotopic (exact) mass is 374 g/mol. The first kappa shape index (κ1) is 17.7. The van der Waals surface area contributed by atoms with Gasteiger partial charge in [0.2, 0.25) is 0 Å². The molecule has 1 aliphatic heterocycles. The van der Waals surface area contributed by atoms with Gasteiger partial charge in [-0.05, 0) is 37.5 Å². The number of carbonyl (C=O) groups excluding carboxylic acids is 1. The van der Waals surface area contributed by atoms with Gasteiger partial charge in [-0.15, -0.1) is 0 Å². The fourth-order valence-electron chi connectivity index (χ4n) is 4.28. The van der Waals surface area contributed by atoms with Crippen molar-refractivity contribution in [3.63, 3.8) is 0 Å². The van der Waals surface area contributed by atoms with Gasteiger partial charge in [0.1, 0.15) is 17.5 Å². The molecule has 26 heavy (non-hydrogen) atoms. The molecule has 140 valence electrons. The zero-order valence-corrected chi connectivity index (χ0v) is 16.1. The summed E-state index contributed by atoms with van der Waals surface area (Å²) < 4.78 is 8.17. The Morgan fingerprint density at radius 1 is 1.23 bits per heavy atom. The molecule has 1 N–H and O–H groups in total. The van der Waals surface area contributed by atoms with Gasteiger partial charge in [-0.1, -0.05) is 50.6 Å². The molecule has 0 bridgehead atoms. The third kappa shape index (κ3) is 3.32. The van der Waals surface area contributed by atoms with Gasteiger partial charge in [-0.3, -0.25) is 4.79 Å². The number of carbonyl (C=O) groups is 1. The maximum absolute atomic E-state index is 13.1. The zero-order chi connectivity index (χ0) is 18.1. The molecular formula is C21H27ClN2O2. The van der Waals surface area contributed by atoms with Crippen LogP contribution in [0.2, 0.25) is 5.02 Å². The van der Waals surface area contributed by atoms with Gasteiger partial charge >= 0.3 is 0 Å². The van der Waals surface area contributed by atoms with Crippen LogP contribution in [0, 0.1) is 0 Å². The smallest absolute Gasteiger partial charge is 0.268 e. The van der Waals surface area contributed by atoms with Crippen molar-refractivity contribution < 1.29 is 9.53 Å². The van der Waals surface area contributed by atoms with E-state index in [2.05, 4.69) is 16.8 Å². The summed E-state index contributed by atoms with van der Waals surface area (Å²) in [6.07, 6.45) is 9.46. The number of halogens is 1. The molecule has 2 heterocycles. The van der Waals surface area contributed by atoms with E-state index in [1.807, 2.05) is 18.2 Å². The predicted molar refractivity (Wildman–Crippen MR) is 105 cm³/mol. The van der Waals surface area contributed by atoms with E-state index >= 15 is 0 Å². The van der Waals surface area contributed by atoms with Crippen molar-refractivity contribution in [1.29, 1.82) is 0 Å². The average Bonchev–Trinajstić information content (AvgIpc) is 3.01. The third-order valence-corrected chi connectivity index (χ3v) is 6.11. The highest BCUT2D eigenvalue weighted by molar-refractivity contribution is 6.36. The average molecular weight is 375 g/mol. The molecule has 1 fully saturated rings. The first-order valence-corrected chi connectivity index (χ1v) is 10.3. The van der Waals surface area contributed by atoms with Crippen LogP contribution in [0.15, 0.2) is 18.2 Å². The molecule has 1 aromatic heterocycles. The second-order valence-corrected chi connectivity index (χ2v) is 8.02. The Hall–Kier alpha value is -1.68. The molecule has 5 heteroatoms. The molecular weight excluding hydrogens is 348 g/mol. The van der Waals surface area contributed by atoms with Crippen molar-refractivity contribution in [2.24, 2.45) is 0 Å². The number of rotatable bonds is 3. The van der Waals surface area contributed by atoms with Gasteiger partial charge in [0.15, 0.2) is 0 Å². The molecule has 0 saturated heterocycles. The maximum Gasteiger partial charge on any atom is 0.268 e. The minimum absolute atomic E-state index is 0.0190. The van der Waals surface area contributed by atoms with Crippen LogP contribution in [0.3, 0.4) is 0 Å². The Labute approximate surface area is 159 Å². The molecule has 1 amide bonds. The Bertz CT molecular complexity index is 806. The Kier molecular flexibility index (Phi) is 5.12. The van der Waals surface area contributed by atoms with Crippen molar-refractivity contribution >= 4 is 28.4 Å². The third-order valence-electron chi connectivity index (χ3n) is 5.78. The molecule has 0 radical (unpaired) electrons. The summed E-state index contributed by atoms with van der Waals surface area (Å²) in [5, 5.41) is 4.86. The fourth-order valence-corrected chi connectivity index (χ4v) is 4.49. The van der Waals surface area contributed by atoms with Crippen LogP contribution in [0.25, 0.3) is 10.9 Å². The van der Waals surface area contributed by atoms with Crippen LogP contribution >= 0.6 is 11.6 Å². The van der Waals surface area contributed by atoms with E-state index in [4.69, 9.17) is 16.3 Å². The lowest BCUT2D eigenvalue weighted by atomic mass is 9.96. The first-order chi connectivity index (χ1) is 12.7. The Morgan fingerprint density at radius 2 is 1.96 bits per heavy atom. The highest BCUT2D eigenvalue weighted by Crippen LogP contribution is 2.38. The molecule has 4 rings (SSSR count). The topological polar surface area (TPSA) is 43.3 Å². The van der Waals surface area contributed by atoms with Crippen LogP contribution in [-0.4, -0.2) is 22.6 Å². The highest BCUT2D eigenvalue weighted by atomic mass is 35.5. The van der Waals surface area contributed by atoms with Gasteiger partial charge < -0.3 is 14.6 Å². The van der Waals surface area contributed by atoms with E-state index in [9.17, 15) is 4.79 Å². The zero-order valence-electron chi connectivity index (χ0n) is 15.4. The number of nitrogens with one attached hydrogen (secondary N) is 1. The van der Waals surface area contributed by atoms with E-state index in [1.54, 1.807) is 0 Å². The van der Waals surface area contributed by atoms with Gasteiger partial charge in [-0.2, -0.15) is 0 Å². The van der Waals surface area contributed by atoms with Crippen molar-refractivity contribution in [1.82, 2.24) is 9.88 Å². The van der Waals surface area contributed by atoms with Crippen molar-refractivity contribution in [2.45, 2.75) is 77.0 Å². The molecule has 2 aliphatic rings. The van der Waals surface area contributed by atoms with E-state index < -0.39 is 0 Å². The molecule has 2 aromatic rings. The van der Waals surface area contributed by atoms with Crippen LogP contribution in [0.5, 0.6) is 5.75 Å². The summed E-state index contributed by atoms with van der Waals surface area (Å²) in [6.45, 7) is 2.81. The lowest BCUT2D eigenvalue weighted by Crippen LogP contribution is -2.37. The van der Waals surface area contributed by atoms with Gasteiger partial charge in [0, 0.05) is 11.4 Å². The summed E-state index contributed by atoms with van der Waals surface area (Å²) in [5.41, 5.74) is 1.66. The van der Waals surface area contributed by atoms with Gasteiger partial charge in [0.25, 0.3) is 5.91 Å². The summed E-state index contributed by atoms with van der Waals surface area (Å²) >= 11 is 6.40. The Morgan fingerprint density at radius 3 is 2.69 bits per heavy atom. The second kappa shape index (κ2) is 7.51. The molecule has 4 nitrogen and oxygen atoms in total. The summed E-state index contributed by atoms with van der Waals surface area (Å²) in [5.74, 6) is 0.845. The van der Waals surface area contributed by atoms with E-state index in [1.165, 1.54) is 32.1 Å². The number of hydrogen-bond donors (Lipinski definition) is 1. The predicted octanol–water partition coefficient (Wildman–Crippen LogP) is 5.31. The molecule has 0 spiro atoms. The van der Waals surface area contributed by atoms with Crippen molar-refractivity contribution in [3.8, 4) is 5.75 Å². The number of aromatic nitrogens is 1. The van der Waals surface area contributed by atoms with E-state index in [0.29, 0.717) is 17.3 Å². The minimum atomic E-state index is 0.0190. The summed E-state index contributed by atoms with van der Waals surface area (Å²) in [7, 11) is 0. The standard InChI is InChI=1S/C21H27ClN2O2/c1-2-15-13-24-18(12-16-17(22)10-11-19(26-15)20(16)24)21(25)23-14-8-6-4-3-5-7-9-14/h10-12,14-15H,2-9,13H2,1H3,(H,23,25)/t15-/m1/s1. The van der Waals surface area contributed by atoms with E-state index in [0.717, 1.165) is 35.9 Å². The number of ether oxygens (including phenoxy) is 1. The molecule has 1 atom stereocenters. The quantitative estimate of drug-likeness (QED) is 0.791. The maximum atomic E-state index is 13.1. The van der Waals surface area contributed by atoms with Gasteiger partial charge in [-0.25, -0.2) is 0 Å². The number of nitrogens with zero attached hydrogens (tertiary/aromatic N) is 1. The summed E-state index contributed by atoms with van der Waals surface area (Å²) in [4.78, 5) is 13.1. The van der Waals surface area contributed by atoms with Crippen LogP contribution in [0.4, 0.5) is 0 Å². The number of hydrogen-bond acceptors (Lipinski definition) is 2. The normalized spacial score (nSPS) is 21.1. The summed E-state index contributed by atoms with van der Waals surface area (Å²) in [6, 6.07) is 5.99. The lowest BCUT2D eigenvalue weighted by Gasteiger charge is -2.27. The van der Waals surface area contributed by atoms with E-state index in [-0.39, 0.29) is 18.1 Å². The van der Waals surface area contributed by atoms with Crippen molar-refractivity contribution in [3.05, 3.63) is 28.9 Å². The molecule has 0 unspecified atom stereocenters. The number of amides is 1. The van der Waals surface area contributed by atoms with Crippen LogP contribution in [-0.2, 0) is 6.54 Å². The molecule has 1 aliphatic carbocycles. The highest BCUT2D eigenvalue weighted by Gasteiger charge is 2.27. The van der Waals surface area contributed by atoms with Crippen molar-refractivity contribution in [2.75, 3.05) is 0 Å². The lowest BCUT2D eigenvalue weighted by molar-refractivity contribution is 0.0914. The molecule has 1 aromatic carbocycles. The SMILES string of the molecule is CC[C@@H]1Cn2c(C(=O)NC3CCCCCCC3)cc3c(Cl)ccc(c32)O1. The Balaban J connectivity index is 1.65.